The largest absolute Gasteiger partial charge is 0.373 e. The lowest BCUT2D eigenvalue weighted by Gasteiger charge is -2.04. The average Bonchev–Trinajstić information content (AvgIpc) is 2.28. The van der Waals surface area contributed by atoms with Crippen LogP contribution in [0, 0.1) is 0 Å². The van der Waals surface area contributed by atoms with Gasteiger partial charge < -0.3 is 0 Å². The summed E-state index contributed by atoms with van der Waals surface area (Å²) < 4.78 is 0.578. The fourth-order valence-electron chi connectivity index (χ4n) is 1.43. The first-order valence-corrected chi connectivity index (χ1v) is 5.32. The zero-order valence-corrected chi connectivity index (χ0v) is 10.0. The van der Waals surface area contributed by atoms with Crippen molar-refractivity contribution in [2.75, 3.05) is 7.11 Å². The molecule has 1 aromatic carbocycles. The summed E-state index contributed by atoms with van der Waals surface area (Å²) in [6, 6.07) is 8.92. The van der Waals surface area contributed by atoms with E-state index in [-0.39, 0.29) is 0 Å². The zero-order chi connectivity index (χ0) is 11.5. The Morgan fingerprint density at radius 2 is 2.12 bits per heavy atom. The molecular weight excluding hydrogens is 274 g/mol. The van der Waals surface area contributed by atoms with Gasteiger partial charge in [-0.05, 0) is 28.1 Å². The predicted molar refractivity (Wildman–Crippen MR) is 61.9 cm³/mol. The van der Waals surface area contributed by atoms with Crippen LogP contribution in [0.1, 0.15) is 10.4 Å². The number of nitrogens with zero attached hydrogens (tertiary/aromatic N) is 1. The maximum Gasteiger partial charge on any atom is 0.373 e. The first-order valence-electron chi connectivity index (χ1n) is 4.52. The number of para-hydroxylation sites is 1. The molecule has 1 heterocycles. The number of carbonyl (C=O) groups excluding carboxylic acids is 1. The van der Waals surface area contributed by atoms with E-state index in [0.717, 1.165) is 10.9 Å². The Hall–Kier alpha value is -1.46. The summed E-state index contributed by atoms with van der Waals surface area (Å²) in [6.45, 7) is 0. The van der Waals surface area contributed by atoms with E-state index in [0.29, 0.717) is 10.2 Å². The molecule has 82 valence electrons. The van der Waals surface area contributed by atoms with E-state index in [1.807, 2.05) is 18.2 Å². The van der Waals surface area contributed by atoms with Crippen molar-refractivity contribution < 1.29 is 14.6 Å². The van der Waals surface area contributed by atoms with E-state index in [9.17, 15) is 4.79 Å². The molecule has 0 radical (unpaired) electrons. The van der Waals surface area contributed by atoms with E-state index in [1.54, 1.807) is 12.1 Å². The van der Waals surface area contributed by atoms with Crippen LogP contribution >= 0.6 is 15.9 Å². The lowest BCUT2D eigenvalue weighted by atomic mass is 10.1. The van der Waals surface area contributed by atoms with Crippen LogP contribution in [0.5, 0.6) is 0 Å². The molecule has 2 rings (SSSR count). The summed E-state index contributed by atoms with van der Waals surface area (Å²) in [4.78, 5) is 24.7. The van der Waals surface area contributed by atoms with Crippen LogP contribution in [0.3, 0.4) is 0 Å². The van der Waals surface area contributed by atoms with E-state index in [4.69, 9.17) is 0 Å². The van der Waals surface area contributed by atoms with Crippen LogP contribution < -0.4 is 0 Å². The summed E-state index contributed by atoms with van der Waals surface area (Å²) in [5.74, 6) is -0.540. The van der Waals surface area contributed by atoms with Crippen molar-refractivity contribution in [1.29, 1.82) is 0 Å². The molecule has 2 aromatic rings. The fourth-order valence-corrected chi connectivity index (χ4v) is 1.85. The standard InChI is InChI=1S/C11H8BrNO3/c1-15-16-11(14)8-6-10(12)13-9-5-3-2-4-7(8)9/h2-6H,1H3. The molecule has 0 fully saturated rings. The summed E-state index contributed by atoms with van der Waals surface area (Å²) in [5.41, 5.74) is 1.14. The summed E-state index contributed by atoms with van der Waals surface area (Å²) in [7, 11) is 1.29. The highest BCUT2D eigenvalue weighted by Crippen LogP contribution is 2.21. The Morgan fingerprint density at radius 1 is 1.38 bits per heavy atom. The Labute approximate surface area is 100 Å². The van der Waals surface area contributed by atoms with Crippen molar-refractivity contribution >= 4 is 32.8 Å². The van der Waals surface area contributed by atoms with Crippen LogP contribution in [0.2, 0.25) is 0 Å². The minimum Gasteiger partial charge on any atom is -0.293 e. The highest BCUT2D eigenvalue weighted by molar-refractivity contribution is 9.10. The molecule has 0 atom stereocenters. The van der Waals surface area contributed by atoms with E-state index >= 15 is 0 Å². The minimum atomic E-state index is -0.540. The van der Waals surface area contributed by atoms with Gasteiger partial charge in [-0.1, -0.05) is 18.2 Å². The minimum absolute atomic E-state index is 0.416. The fraction of sp³-hybridized carbons (Fsp3) is 0.0909. The van der Waals surface area contributed by atoms with Crippen LogP contribution in [-0.2, 0) is 9.78 Å². The first-order chi connectivity index (χ1) is 7.72. The summed E-state index contributed by atoms with van der Waals surface area (Å²) in [5, 5.41) is 0.729. The normalized spacial score (nSPS) is 10.4. The molecule has 4 nitrogen and oxygen atoms in total. The van der Waals surface area contributed by atoms with Gasteiger partial charge >= 0.3 is 5.97 Å². The molecule has 16 heavy (non-hydrogen) atoms. The van der Waals surface area contributed by atoms with Crippen molar-refractivity contribution in [2.24, 2.45) is 0 Å². The molecule has 0 saturated carbocycles. The second-order valence-corrected chi connectivity index (χ2v) is 3.86. The Morgan fingerprint density at radius 3 is 2.88 bits per heavy atom. The van der Waals surface area contributed by atoms with Gasteiger partial charge in [-0.15, -0.1) is 0 Å². The Bertz CT molecular complexity index is 542. The lowest BCUT2D eigenvalue weighted by Crippen LogP contribution is -2.05. The second-order valence-electron chi connectivity index (χ2n) is 3.05. The summed E-state index contributed by atoms with van der Waals surface area (Å²) >= 11 is 3.24. The van der Waals surface area contributed by atoms with Crippen molar-refractivity contribution in [3.05, 3.63) is 40.5 Å². The van der Waals surface area contributed by atoms with Gasteiger partial charge in [0.05, 0.1) is 18.2 Å². The third-order valence-corrected chi connectivity index (χ3v) is 2.47. The van der Waals surface area contributed by atoms with Crippen LogP contribution in [-0.4, -0.2) is 18.1 Å². The number of pyridine rings is 1. The number of rotatable bonds is 2. The molecule has 0 aliphatic rings. The molecule has 0 unspecified atom stereocenters. The number of hydrogen-bond acceptors (Lipinski definition) is 4. The topological polar surface area (TPSA) is 48.4 Å². The quantitative estimate of drug-likeness (QED) is 0.482. The maximum absolute atomic E-state index is 11.6. The monoisotopic (exact) mass is 281 g/mol. The van der Waals surface area contributed by atoms with Gasteiger partial charge in [0.15, 0.2) is 0 Å². The Balaban J connectivity index is 2.63. The molecule has 1 aromatic heterocycles. The van der Waals surface area contributed by atoms with Gasteiger partial charge in [0, 0.05) is 5.39 Å². The highest BCUT2D eigenvalue weighted by atomic mass is 79.9. The van der Waals surface area contributed by atoms with E-state index in [2.05, 4.69) is 30.7 Å². The van der Waals surface area contributed by atoms with Crippen LogP contribution in [0.25, 0.3) is 10.9 Å². The van der Waals surface area contributed by atoms with Gasteiger partial charge in [0.2, 0.25) is 0 Å². The van der Waals surface area contributed by atoms with Crippen molar-refractivity contribution in [1.82, 2.24) is 4.98 Å². The Kier molecular flexibility index (Phi) is 3.17. The van der Waals surface area contributed by atoms with Gasteiger partial charge in [-0.25, -0.2) is 9.78 Å². The van der Waals surface area contributed by atoms with Crippen LogP contribution in [0.4, 0.5) is 0 Å². The SMILES string of the molecule is COOC(=O)c1cc(Br)nc2ccccc12. The summed E-state index contributed by atoms with van der Waals surface area (Å²) in [6.07, 6.45) is 0. The van der Waals surface area contributed by atoms with E-state index < -0.39 is 5.97 Å². The van der Waals surface area contributed by atoms with Crippen molar-refractivity contribution in [2.45, 2.75) is 0 Å². The van der Waals surface area contributed by atoms with Crippen LogP contribution in [0.15, 0.2) is 34.9 Å². The smallest absolute Gasteiger partial charge is 0.293 e. The van der Waals surface area contributed by atoms with Gasteiger partial charge in [-0.3, -0.25) is 4.89 Å². The van der Waals surface area contributed by atoms with Gasteiger partial charge in [-0.2, -0.15) is 4.89 Å². The molecule has 0 aliphatic heterocycles. The number of benzene rings is 1. The second kappa shape index (κ2) is 4.59. The molecule has 0 saturated heterocycles. The molecule has 0 aliphatic carbocycles. The molecule has 5 heteroatoms. The number of carbonyl (C=O) groups is 1. The lowest BCUT2D eigenvalue weighted by molar-refractivity contribution is -0.216. The molecule has 0 amide bonds. The number of fused-ring (bicyclic) bond motifs is 1. The molecule has 0 N–H and O–H groups in total. The van der Waals surface area contributed by atoms with Gasteiger partial charge in [0.1, 0.15) is 4.60 Å². The maximum atomic E-state index is 11.6. The third kappa shape index (κ3) is 2.05. The molecular formula is C11H8BrNO3. The molecule has 0 bridgehead atoms. The van der Waals surface area contributed by atoms with Crippen molar-refractivity contribution in [3.8, 4) is 0 Å². The van der Waals surface area contributed by atoms with Crippen molar-refractivity contribution in [3.63, 3.8) is 0 Å². The highest BCUT2D eigenvalue weighted by Gasteiger charge is 2.13. The van der Waals surface area contributed by atoms with Gasteiger partial charge in [0.25, 0.3) is 0 Å². The number of hydrogen-bond donors (Lipinski definition) is 0. The number of halogens is 1. The number of aromatic nitrogens is 1. The zero-order valence-electron chi connectivity index (χ0n) is 8.44. The predicted octanol–water partition coefficient (Wildman–Crippen LogP) is 2.72. The van der Waals surface area contributed by atoms with E-state index in [1.165, 1.54) is 7.11 Å². The molecule has 0 spiro atoms. The first kappa shape index (κ1) is 11.0. The average molecular weight is 282 g/mol. The third-order valence-electron chi connectivity index (χ3n) is 2.06.